The molecule has 0 saturated carbocycles. The molecule has 13 heavy (non-hydrogen) atoms. The minimum Gasteiger partial charge on any atom is -0.300 e. The predicted molar refractivity (Wildman–Crippen MR) is 58.3 cm³/mol. The number of hydrogen-bond donors (Lipinski definition) is 0. The molecule has 1 aliphatic heterocycles. The Balaban J connectivity index is 2.23. The van der Waals surface area contributed by atoms with Crippen LogP contribution in [-0.2, 0) is 4.79 Å². The van der Waals surface area contributed by atoms with E-state index in [2.05, 4.69) is 18.7 Å². The summed E-state index contributed by atoms with van der Waals surface area (Å²) in [4.78, 5) is 13.4. The van der Waals surface area contributed by atoms with Crippen molar-refractivity contribution in [1.29, 1.82) is 0 Å². The summed E-state index contributed by atoms with van der Waals surface area (Å²) in [6.07, 6.45) is 1.53. The normalized spacial score (nSPS) is 21.8. The van der Waals surface area contributed by atoms with Crippen molar-refractivity contribution >= 4 is 17.5 Å². The van der Waals surface area contributed by atoms with E-state index in [0.29, 0.717) is 11.8 Å². The molecule has 1 rings (SSSR count). The second-order valence-corrected chi connectivity index (χ2v) is 4.90. The first-order valence-electron chi connectivity index (χ1n) is 5.07. The van der Waals surface area contributed by atoms with Crippen molar-refractivity contribution in [3.8, 4) is 0 Å². The van der Waals surface area contributed by atoms with Crippen LogP contribution in [0.25, 0.3) is 0 Å². The van der Waals surface area contributed by atoms with Gasteiger partial charge in [0.05, 0.1) is 0 Å². The number of hydrogen-bond acceptors (Lipinski definition) is 3. The molecule has 2 nitrogen and oxygen atoms in total. The summed E-state index contributed by atoms with van der Waals surface area (Å²) in [5, 5.41) is 0. The van der Waals surface area contributed by atoms with Gasteiger partial charge >= 0.3 is 0 Å². The molecule has 0 N–H and O–H groups in total. The number of likely N-dealkylation sites (tertiary alicyclic amines) is 1. The third-order valence-corrected chi connectivity index (χ3v) is 3.67. The highest BCUT2D eigenvalue weighted by Gasteiger charge is 2.19. The summed E-state index contributed by atoms with van der Waals surface area (Å²) in [6.45, 7) is 6.41. The molecule has 0 radical (unpaired) electrons. The zero-order valence-electron chi connectivity index (χ0n) is 8.58. The highest BCUT2D eigenvalue weighted by atomic mass is 32.2. The number of nitrogens with zero attached hydrogens (tertiary/aromatic N) is 1. The fourth-order valence-corrected chi connectivity index (χ4v) is 2.40. The summed E-state index contributed by atoms with van der Waals surface area (Å²) in [6, 6.07) is 0.637. The van der Waals surface area contributed by atoms with Crippen LogP contribution < -0.4 is 0 Å². The molecular formula is C10H19NOS. The van der Waals surface area contributed by atoms with Gasteiger partial charge in [-0.05, 0) is 12.7 Å². The van der Waals surface area contributed by atoms with Crippen LogP contribution in [0.15, 0.2) is 0 Å². The molecule has 76 valence electrons. The summed E-state index contributed by atoms with van der Waals surface area (Å²) >= 11 is 1.98. The minimum atomic E-state index is 0.437. The number of rotatable bonds is 4. The zero-order chi connectivity index (χ0) is 9.68. The van der Waals surface area contributed by atoms with E-state index >= 15 is 0 Å². The molecule has 0 aromatic carbocycles. The van der Waals surface area contributed by atoms with Gasteiger partial charge in [0, 0.05) is 37.7 Å². The number of thioether (sulfide) groups is 1. The standard InChI is InChI=1S/C10H19NOS/c1-3-13-8-9(2)11-6-4-10(12)5-7-11/h9H,3-8H2,1-2H3. The molecule has 1 fully saturated rings. The van der Waals surface area contributed by atoms with E-state index in [0.717, 1.165) is 25.9 Å². The maximum absolute atomic E-state index is 11.0. The van der Waals surface area contributed by atoms with Gasteiger partial charge in [0.15, 0.2) is 0 Å². The average Bonchev–Trinajstić information content (AvgIpc) is 2.15. The van der Waals surface area contributed by atoms with E-state index in [1.807, 2.05) is 11.8 Å². The Morgan fingerprint density at radius 3 is 2.62 bits per heavy atom. The van der Waals surface area contributed by atoms with Gasteiger partial charge in [-0.2, -0.15) is 11.8 Å². The predicted octanol–water partition coefficient (Wildman–Crippen LogP) is 1.79. The lowest BCUT2D eigenvalue weighted by Gasteiger charge is -2.31. The molecule has 0 aliphatic carbocycles. The number of carbonyl (C=O) groups excluding carboxylic acids is 1. The Labute approximate surface area is 85.1 Å². The van der Waals surface area contributed by atoms with E-state index in [1.165, 1.54) is 11.5 Å². The summed E-state index contributed by atoms with van der Waals surface area (Å²) in [7, 11) is 0. The molecule has 0 aromatic rings. The van der Waals surface area contributed by atoms with Crippen LogP contribution in [0.5, 0.6) is 0 Å². The molecule has 1 unspecified atom stereocenters. The van der Waals surface area contributed by atoms with Crippen LogP contribution in [0.3, 0.4) is 0 Å². The third-order valence-electron chi connectivity index (χ3n) is 2.54. The number of carbonyl (C=O) groups is 1. The van der Waals surface area contributed by atoms with Gasteiger partial charge in [0.25, 0.3) is 0 Å². The van der Waals surface area contributed by atoms with Gasteiger partial charge in [0.1, 0.15) is 5.78 Å². The molecule has 0 bridgehead atoms. The third kappa shape index (κ3) is 3.69. The van der Waals surface area contributed by atoms with Gasteiger partial charge < -0.3 is 0 Å². The van der Waals surface area contributed by atoms with Gasteiger partial charge in [-0.1, -0.05) is 6.92 Å². The van der Waals surface area contributed by atoms with E-state index in [-0.39, 0.29) is 0 Å². The number of ketones is 1. The second-order valence-electron chi connectivity index (χ2n) is 3.58. The maximum atomic E-state index is 11.0. The van der Waals surface area contributed by atoms with Crippen LogP contribution in [-0.4, -0.2) is 41.3 Å². The van der Waals surface area contributed by atoms with Gasteiger partial charge in [-0.3, -0.25) is 9.69 Å². The van der Waals surface area contributed by atoms with Crippen molar-refractivity contribution < 1.29 is 4.79 Å². The molecule has 0 spiro atoms. The Kier molecular flexibility index (Phi) is 4.81. The SMILES string of the molecule is CCSCC(C)N1CCC(=O)CC1. The largest absolute Gasteiger partial charge is 0.300 e. The number of piperidine rings is 1. The van der Waals surface area contributed by atoms with Gasteiger partial charge in [-0.15, -0.1) is 0 Å². The summed E-state index contributed by atoms with van der Waals surface area (Å²) in [5.74, 6) is 2.83. The van der Waals surface area contributed by atoms with E-state index in [9.17, 15) is 4.79 Å². The second kappa shape index (κ2) is 5.66. The molecule has 1 aliphatic rings. The minimum absolute atomic E-state index is 0.437. The highest BCUT2D eigenvalue weighted by Crippen LogP contribution is 2.13. The topological polar surface area (TPSA) is 20.3 Å². The molecule has 3 heteroatoms. The summed E-state index contributed by atoms with van der Waals surface area (Å²) < 4.78 is 0. The lowest BCUT2D eigenvalue weighted by atomic mass is 10.1. The Morgan fingerprint density at radius 1 is 1.46 bits per heavy atom. The fraction of sp³-hybridized carbons (Fsp3) is 0.900. The highest BCUT2D eigenvalue weighted by molar-refractivity contribution is 7.99. The first-order chi connectivity index (χ1) is 6.24. The van der Waals surface area contributed by atoms with E-state index in [4.69, 9.17) is 0 Å². The first kappa shape index (κ1) is 11.1. The molecule has 0 aromatic heterocycles. The fourth-order valence-electron chi connectivity index (χ4n) is 1.61. The van der Waals surface area contributed by atoms with Gasteiger partial charge in [-0.25, -0.2) is 0 Å². The molecular weight excluding hydrogens is 182 g/mol. The Bertz CT molecular complexity index is 162. The molecule has 1 heterocycles. The van der Waals surface area contributed by atoms with Crippen LogP contribution in [0.1, 0.15) is 26.7 Å². The molecule has 1 atom stereocenters. The Hall–Kier alpha value is -0.0200. The van der Waals surface area contributed by atoms with Crippen LogP contribution >= 0.6 is 11.8 Å². The van der Waals surface area contributed by atoms with E-state index in [1.54, 1.807) is 0 Å². The van der Waals surface area contributed by atoms with Crippen molar-refractivity contribution in [2.75, 3.05) is 24.6 Å². The van der Waals surface area contributed by atoms with Crippen molar-refractivity contribution in [2.24, 2.45) is 0 Å². The average molecular weight is 201 g/mol. The number of Topliss-reactive ketones (excluding diaryl/α,β-unsaturated/α-hetero) is 1. The van der Waals surface area contributed by atoms with Crippen molar-refractivity contribution in [3.63, 3.8) is 0 Å². The van der Waals surface area contributed by atoms with Gasteiger partial charge in [0.2, 0.25) is 0 Å². The van der Waals surface area contributed by atoms with Crippen LogP contribution in [0.2, 0.25) is 0 Å². The van der Waals surface area contributed by atoms with Crippen LogP contribution in [0.4, 0.5) is 0 Å². The Morgan fingerprint density at radius 2 is 2.08 bits per heavy atom. The van der Waals surface area contributed by atoms with E-state index < -0.39 is 0 Å². The summed E-state index contributed by atoms with van der Waals surface area (Å²) in [5.41, 5.74) is 0. The van der Waals surface area contributed by atoms with Crippen molar-refractivity contribution in [2.45, 2.75) is 32.7 Å². The quantitative estimate of drug-likeness (QED) is 0.691. The monoisotopic (exact) mass is 201 g/mol. The lowest BCUT2D eigenvalue weighted by molar-refractivity contribution is -0.121. The molecule has 1 saturated heterocycles. The smallest absolute Gasteiger partial charge is 0.135 e. The van der Waals surface area contributed by atoms with Crippen LogP contribution in [0, 0.1) is 0 Å². The first-order valence-corrected chi connectivity index (χ1v) is 6.23. The lowest BCUT2D eigenvalue weighted by Crippen LogP contribution is -2.41. The zero-order valence-corrected chi connectivity index (χ0v) is 9.40. The van der Waals surface area contributed by atoms with Crippen molar-refractivity contribution in [1.82, 2.24) is 4.90 Å². The van der Waals surface area contributed by atoms with Crippen molar-refractivity contribution in [3.05, 3.63) is 0 Å². The molecule has 0 amide bonds. The maximum Gasteiger partial charge on any atom is 0.135 e.